The van der Waals surface area contributed by atoms with Crippen LogP contribution in [0.1, 0.15) is 20.3 Å². The maximum absolute atomic E-state index is 12.1. The highest BCUT2D eigenvalue weighted by atomic mass is 32.3. The minimum Gasteiger partial charge on any atom is -0.763 e. The van der Waals surface area contributed by atoms with Gasteiger partial charge in [0.1, 0.15) is 6.67 Å². The van der Waals surface area contributed by atoms with Crippen molar-refractivity contribution >= 4 is 20.0 Å². The van der Waals surface area contributed by atoms with E-state index in [0.29, 0.717) is 0 Å². The lowest BCUT2D eigenvalue weighted by molar-refractivity contribution is -0.0435. The summed E-state index contributed by atoms with van der Waals surface area (Å²) in [7, 11) is -11.2. The second kappa shape index (κ2) is 7.94. The molecule has 0 fully saturated rings. The highest BCUT2D eigenvalue weighted by Crippen LogP contribution is 2.26. The fraction of sp³-hybridized carbons (Fsp3) is 1.00. The van der Waals surface area contributed by atoms with E-state index >= 15 is 0 Å². The van der Waals surface area contributed by atoms with E-state index in [2.05, 4.69) is 0 Å². The number of halogens is 5. The molecule has 0 spiro atoms. The van der Waals surface area contributed by atoms with Gasteiger partial charge in [0.15, 0.2) is 0 Å². The van der Waals surface area contributed by atoms with Crippen molar-refractivity contribution in [2.24, 2.45) is 3.77 Å². The van der Waals surface area contributed by atoms with E-state index < -0.39 is 37.5 Å². The molecule has 0 heterocycles. The van der Waals surface area contributed by atoms with Crippen LogP contribution < -0.4 is 0 Å². The van der Waals surface area contributed by atoms with Gasteiger partial charge < -0.3 is 4.55 Å². The topological polar surface area (TPSA) is 86.6 Å². The third-order valence-electron chi connectivity index (χ3n) is 1.54. The van der Waals surface area contributed by atoms with E-state index in [4.69, 9.17) is 0 Å². The maximum Gasteiger partial charge on any atom is 0.519 e. The molecule has 0 radical (unpaired) electrons. The SMILES string of the molecule is CCC(CF)S(=O)([O-])=NS(=O)(=O)C(F)(F)F.CCF. The number of hydrogen-bond acceptors (Lipinski definition) is 4. The first-order valence-corrected chi connectivity index (χ1v) is 7.75. The molecule has 12 heteroatoms. The minimum absolute atomic E-state index is 0.250. The molecule has 0 saturated heterocycles. The Morgan fingerprint density at radius 2 is 1.53 bits per heavy atom. The number of nitrogens with zero attached hydrogens (tertiary/aromatic N) is 1. The van der Waals surface area contributed by atoms with Gasteiger partial charge in [-0.1, -0.05) is 6.92 Å². The van der Waals surface area contributed by atoms with Crippen molar-refractivity contribution in [3.63, 3.8) is 0 Å². The molecule has 0 amide bonds. The molecule has 0 aromatic heterocycles. The van der Waals surface area contributed by atoms with Crippen molar-refractivity contribution in [2.45, 2.75) is 31.0 Å². The Hall–Kier alpha value is -0.490. The van der Waals surface area contributed by atoms with E-state index in [1.54, 1.807) is 3.77 Å². The quantitative estimate of drug-likeness (QED) is 0.737. The molecular weight excluding hydrogens is 321 g/mol. The molecule has 19 heavy (non-hydrogen) atoms. The molecule has 2 atom stereocenters. The van der Waals surface area contributed by atoms with Crippen LogP contribution >= 0.6 is 0 Å². The second-order valence-corrected chi connectivity index (χ2v) is 6.67. The number of sulfonamides is 1. The van der Waals surface area contributed by atoms with E-state index in [0.717, 1.165) is 0 Å². The Bertz CT molecular complexity index is 462. The van der Waals surface area contributed by atoms with Crippen molar-refractivity contribution < 1.29 is 39.1 Å². The largest absolute Gasteiger partial charge is 0.763 e. The predicted molar refractivity (Wildman–Crippen MR) is 58.0 cm³/mol. The summed E-state index contributed by atoms with van der Waals surface area (Å²) in [5.41, 5.74) is -5.81. The van der Waals surface area contributed by atoms with Crippen molar-refractivity contribution in [1.82, 2.24) is 0 Å². The van der Waals surface area contributed by atoms with Gasteiger partial charge in [-0.05, 0) is 13.3 Å². The number of hydrogen-bond donors (Lipinski definition) is 0. The summed E-state index contributed by atoms with van der Waals surface area (Å²) in [6.45, 7) is 0.882. The summed E-state index contributed by atoms with van der Waals surface area (Å²) in [5.74, 6) is 0. The summed E-state index contributed by atoms with van der Waals surface area (Å²) < 4.78 is 102. The third-order valence-corrected chi connectivity index (χ3v) is 5.05. The Kier molecular flexibility index (Phi) is 8.71. The Morgan fingerprint density at radius 3 is 1.74 bits per heavy atom. The summed E-state index contributed by atoms with van der Waals surface area (Å²) >= 11 is 0. The lowest BCUT2D eigenvalue weighted by Crippen LogP contribution is -2.27. The van der Waals surface area contributed by atoms with Gasteiger partial charge in [0.05, 0.1) is 11.9 Å². The third kappa shape index (κ3) is 7.01. The summed E-state index contributed by atoms with van der Waals surface area (Å²) in [6.07, 6.45) is -0.379. The average Bonchev–Trinajstić information content (AvgIpc) is 2.16. The maximum atomic E-state index is 12.1. The molecule has 0 saturated carbocycles. The zero-order chi connectivity index (χ0) is 15.9. The van der Waals surface area contributed by atoms with Gasteiger partial charge in [-0.3, -0.25) is 8.60 Å². The van der Waals surface area contributed by atoms with Crippen LogP contribution in [0.15, 0.2) is 3.77 Å². The van der Waals surface area contributed by atoms with Crippen LogP contribution in [0.25, 0.3) is 0 Å². The second-order valence-electron chi connectivity index (χ2n) is 2.96. The van der Waals surface area contributed by atoms with Crippen LogP contribution in [0, 0.1) is 0 Å². The minimum atomic E-state index is -6.15. The Balaban J connectivity index is 0. The molecule has 0 aliphatic rings. The van der Waals surface area contributed by atoms with Gasteiger partial charge in [-0.25, -0.2) is 4.39 Å². The van der Waals surface area contributed by atoms with Crippen molar-refractivity contribution in [3.05, 3.63) is 0 Å². The molecule has 0 aromatic carbocycles. The standard InChI is InChI=1S/C5H9F4NO4S2.C2H5F/c1-2-4(3-6)15(11,12)10-16(13,14)5(7,8)9;1-2-3/h4H,2-3H2,1H3,(H,10,11,12);2H2,1H3/p-1. The normalized spacial score (nSPS) is 16.8. The van der Waals surface area contributed by atoms with Gasteiger partial charge in [0.2, 0.25) is 0 Å². The van der Waals surface area contributed by atoms with Crippen LogP contribution in [-0.4, -0.2) is 41.3 Å². The lowest BCUT2D eigenvalue weighted by atomic mass is 10.4. The van der Waals surface area contributed by atoms with Gasteiger partial charge in [-0.15, -0.1) is 3.77 Å². The van der Waals surface area contributed by atoms with E-state index in [1.807, 2.05) is 0 Å². The molecule has 0 aliphatic carbocycles. The van der Waals surface area contributed by atoms with Gasteiger partial charge in [0.25, 0.3) is 0 Å². The van der Waals surface area contributed by atoms with Crippen molar-refractivity contribution in [2.75, 3.05) is 13.3 Å². The molecule has 0 N–H and O–H groups in total. The van der Waals surface area contributed by atoms with E-state index in [-0.39, 0.29) is 13.1 Å². The summed E-state index contributed by atoms with van der Waals surface area (Å²) in [6, 6.07) is 0. The molecule has 0 bridgehead atoms. The molecular formula is C7H13F5NO4S2-. The summed E-state index contributed by atoms with van der Waals surface area (Å²) in [4.78, 5) is 0. The molecule has 2 unspecified atom stereocenters. The first-order chi connectivity index (χ1) is 8.39. The smallest absolute Gasteiger partial charge is 0.519 e. The van der Waals surface area contributed by atoms with E-state index in [9.17, 15) is 39.1 Å². The van der Waals surface area contributed by atoms with Crippen LogP contribution in [0.4, 0.5) is 22.0 Å². The molecule has 0 aromatic rings. The molecule has 5 nitrogen and oxygen atoms in total. The Labute approximate surface area is 108 Å². The van der Waals surface area contributed by atoms with Crippen LogP contribution in [0.5, 0.6) is 0 Å². The average molecular weight is 334 g/mol. The summed E-state index contributed by atoms with van der Waals surface area (Å²) in [5, 5.41) is -1.88. The molecule has 0 aliphatic heterocycles. The molecule has 0 rings (SSSR count). The van der Waals surface area contributed by atoms with Crippen molar-refractivity contribution in [3.8, 4) is 0 Å². The van der Waals surface area contributed by atoms with Gasteiger partial charge >= 0.3 is 15.5 Å². The number of rotatable bonds is 4. The fourth-order valence-electron chi connectivity index (χ4n) is 0.639. The van der Waals surface area contributed by atoms with E-state index in [1.165, 1.54) is 13.8 Å². The molecule has 118 valence electrons. The Morgan fingerprint density at radius 1 is 1.16 bits per heavy atom. The monoisotopic (exact) mass is 334 g/mol. The van der Waals surface area contributed by atoms with Gasteiger partial charge in [-0.2, -0.15) is 21.6 Å². The highest BCUT2D eigenvalue weighted by molar-refractivity contribution is 8.01. The first kappa shape index (κ1) is 20.8. The predicted octanol–water partition coefficient (Wildman–Crippen LogP) is 2.16. The zero-order valence-corrected chi connectivity index (χ0v) is 11.6. The first-order valence-electron chi connectivity index (χ1n) is 4.80. The zero-order valence-electron chi connectivity index (χ0n) is 9.99. The van der Waals surface area contributed by atoms with Crippen LogP contribution in [0.2, 0.25) is 0 Å². The number of alkyl halides is 5. The highest BCUT2D eigenvalue weighted by Gasteiger charge is 2.46. The van der Waals surface area contributed by atoms with Crippen LogP contribution in [-0.2, 0) is 20.0 Å². The van der Waals surface area contributed by atoms with Crippen molar-refractivity contribution in [1.29, 1.82) is 0 Å². The lowest BCUT2D eigenvalue weighted by Gasteiger charge is -2.21. The van der Waals surface area contributed by atoms with Gasteiger partial charge in [0, 0.05) is 10.0 Å². The fourth-order valence-corrected chi connectivity index (χ4v) is 3.14. The van der Waals surface area contributed by atoms with Crippen LogP contribution in [0.3, 0.4) is 0 Å².